The van der Waals surface area contributed by atoms with Crippen LogP contribution in [0, 0.1) is 0 Å². The second-order valence-corrected chi connectivity index (χ2v) is 26.6. The van der Waals surface area contributed by atoms with Crippen molar-refractivity contribution >= 4 is 65.2 Å². The summed E-state index contributed by atoms with van der Waals surface area (Å²) in [4.78, 5) is 0. The van der Waals surface area contributed by atoms with Crippen LogP contribution >= 0.6 is 0 Å². The van der Waals surface area contributed by atoms with Crippen molar-refractivity contribution in [2.45, 2.75) is 105 Å². The molecule has 0 spiro atoms. The van der Waals surface area contributed by atoms with Crippen molar-refractivity contribution in [1.29, 1.82) is 0 Å². The molecule has 13 rings (SSSR count). The van der Waals surface area contributed by atoms with E-state index in [-0.39, 0.29) is 21.7 Å². The maximum Gasteiger partial charge on any atom is 0.0541 e. The van der Waals surface area contributed by atoms with E-state index < -0.39 is 0 Å². The largest absolute Gasteiger partial charge is 0.309 e. The fourth-order valence-electron chi connectivity index (χ4n) is 12.6. The molecule has 0 atom stereocenters. The molecule has 2 nitrogen and oxygen atoms in total. The van der Waals surface area contributed by atoms with Gasteiger partial charge in [0.25, 0.3) is 0 Å². The van der Waals surface area contributed by atoms with Gasteiger partial charge in [0.2, 0.25) is 0 Å². The van der Waals surface area contributed by atoms with E-state index in [9.17, 15) is 0 Å². The number of benzene rings is 11. The SMILES string of the molecule is CC(C)(C)c1ccc2c(c1)c1cc(C(C)(C)C)ccc1n2-c1cccc2c(-c3cc(-c4ccccc4)c(-c4cccc5c(-n6c7ccc(C(C)(C)C)cc7c7cc(C(C)(C)C)ccc76)cccc45)cc3-c3ccccc3)cccc12. The van der Waals surface area contributed by atoms with Crippen LogP contribution in [0.4, 0.5) is 0 Å². The molecule has 11 aromatic carbocycles. The molecule has 80 heavy (non-hydrogen) atoms. The third kappa shape index (κ3) is 8.54. The molecule has 0 fully saturated rings. The summed E-state index contributed by atoms with van der Waals surface area (Å²) in [6.07, 6.45) is 0. The van der Waals surface area contributed by atoms with Crippen molar-refractivity contribution in [3.8, 4) is 55.9 Å². The molecule has 13 aromatic rings. The Hall–Kier alpha value is -8.46. The van der Waals surface area contributed by atoms with Gasteiger partial charge in [0, 0.05) is 32.3 Å². The first-order valence-electron chi connectivity index (χ1n) is 28.7. The second kappa shape index (κ2) is 18.6. The van der Waals surface area contributed by atoms with Gasteiger partial charge >= 0.3 is 0 Å². The van der Waals surface area contributed by atoms with Crippen molar-refractivity contribution in [3.63, 3.8) is 0 Å². The molecule has 2 aromatic heterocycles. The summed E-state index contributed by atoms with van der Waals surface area (Å²) < 4.78 is 5.04. The number of hydrogen-bond acceptors (Lipinski definition) is 0. The highest BCUT2D eigenvalue weighted by atomic mass is 15.0. The number of fused-ring (bicyclic) bond motifs is 8. The normalized spacial score (nSPS) is 12.8. The quantitative estimate of drug-likeness (QED) is 0.157. The van der Waals surface area contributed by atoms with Crippen LogP contribution in [-0.2, 0) is 21.7 Å². The molecule has 394 valence electrons. The predicted octanol–water partition coefficient (Wildman–Crippen LogP) is 22.0. The summed E-state index contributed by atoms with van der Waals surface area (Å²) in [5.41, 5.74) is 22.2. The van der Waals surface area contributed by atoms with E-state index >= 15 is 0 Å². The summed E-state index contributed by atoms with van der Waals surface area (Å²) in [5, 5.41) is 10.0. The summed E-state index contributed by atoms with van der Waals surface area (Å²) in [6.45, 7) is 27.8. The highest BCUT2D eigenvalue weighted by Crippen LogP contribution is 2.48. The van der Waals surface area contributed by atoms with Crippen molar-refractivity contribution < 1.29 is 0 Å². The molecule has 0 N–H and O–H groups in total. The Morgan fingerprint density at radius 1 is 0.212 bits per heavy atom. The molecule has 0 saturated heterocycles. The van der Waals surface area contributed by atoms with Crippen LogP contribution in [0.1, 0.15) is 105 Å². The maximum absolute atomic E-state index is 2.52. The molecule has 0 aliphatic rings. The fraction of sp³-hybridized carbons (Fsp3) is 0.205. The van der Waals surface area contributed by atoms with Gasteiger partial charge in [-0.2, -0.15) is 0 Å². The molecule has 0 aliphatic heterocycles. The van der Waals surface area contributed by atoms with Gasteiger partial charge in [0.1, 0.15) is 0 Å². The van der Waals surface area contributed by atoms with Crippen molar-refractivity contribution in [2.75, 3.05) is 0 Å². The summed E-state index contributed by atoms with van der Waals surface area (Å²) >= 11 is 0. The maximum atomic E-state index is 2.52. The van der Waals surface area contributed by atoms with Crippen molar-refractivity contribution in [2.24, 2.45) is 0 Å². The molecule has 0 unspecified atom stereocenters. The molecular weight excluding hydrogens is 965 g/mol. The second-order valence-electron chi connectivity index (χ2n) is 26.6. The number of nitrogens with zero attached hydrogens (tertiary/aromatic N) is 2. The third-order valence-electron chi connectivity index (χ3n) is 17.2. The van der Waals surface area contributed by atoms with Crippen LogP contribution in [0.3, 0.4) is 0 Å². The van der Waals surface area contributed by atoms with E-state index in [1.807, 2.05) is 0 Å². The highest BCUT2D eigenvalue weighted by Gasteiger charge is 2.26. The molecule has 2 heteroatoms. The van der Waals surface area contributed by atoms with Crippen LogP contribution in [0.25, 0.3) is 121 Å². The van der Waals surface area contributed by atoms with Crippen molar-refractivity contribution in [1.82, 2.24) is 9.13 Å². The number of rotatable bonds is 6. The van der Waals surface area contributed by atoms with Crippen LogP contribution < -0.4 is 0 Å². The molecule has 0 saturated carbocycles. The van der Waals surface area contributed by atoms with Gasteiger partial charge in [0.05, 0.1) is 33.4 Å². The minimum absolute atomic E-state index is 0.0151. The Kier molecular flexibility index (Phi) is 11.8. The van der Waals surface area contributed by atoms with Crippen LogP contribution in [0.5, 0.6) is 0 Å². The zero-order valence-electron chi connectivity index (χ0n) is 48.7. The smallest absolute Gasteiger partial charge is 0.0541 e. The van der Waals surface area contributed by atoms with E-state index in [0.29, 0.717) is 0 Å². The summed E-state index contributed by atoms with van der Waals surface area (Å²) in [5.74, 6) is 0. The first-order valence-corrected chi connectivity index (χ1v) is 28.7. The lowest BCUT2D eigenvalue weighted by Gasteiger charge is -2.21. The molecule has 0 radical (unpaired) electrons. The van der Waals surface area contributed by atoms with E-state index in [2.05, 4.69) is 311 Å². The van der Waals surface area contributed by atoms with Gasteiger partial charge in [-0.3, -0.25) is 0 Å². The van der Waals surface area contributed by atoms with E-state index in [4.69, 9.17) is 0 Å². The Labute approximate surface area is 473 Å². The topological polar surface area (TPSA) is 9.86 Å². The first kappa shape index (κ1) is 51.0. The third-order valence-corrected chi connectivity index (χ3v) is 17.2. The van der Waals surface area contributed by atoms with Gasteiger partial charge in [-0.15, -0.1) is 0 Å². The van der Waals surface area contributed by atoms with Crippen LogP contribution in [0.2, 0.25) is 0 Å². The molecule has 0 bridgehead atoms. The molecular formula is C78H72N2. The Morgan fingerprint density at radius 2 is 0.500 bits per heavy atom. The molecule has 2 heterocycles. The average Bonchev–Trinajstić information content (AvgIpc) is 4.00. The van der Waals surface area contributed by atoms with E-state index in [1.54, 1.807) is 0 Å². The summed E-state index contributed by atoms with van der Waals surface area (Å²) in [6, 6.07) is 83.3. The number of hydrogen-bond donors (Lipinski definition) is 0. The Morgan fingerprint density at radius 3 is 0.800 bits per heavy atom. The molecule has 0 amide bonds. The van der Waals surface area contributed by atoms with Gasteiger partial charge < -0.3 is 9.13 Å². The molecule has 0 aliphatic carbocycles. The summed E-state index contributed by atoms with van der Waals surface area (Å²) in [7, 11) is 0. The monoisotopic (exact) mass is 1040 g/mol. The lowest BCUT2D eigenvalue weighted by Crippen LogP contribution is -2.10. The zero-order chi connectivity index (χ0) is 55.6. The Balaban J connectivity index is 1.05. The first-order chi connectivity index (χ1) is 38.2. The highest BCUT2D eigenvalue weighted by molar-refractivity contribution is 6.15. The fourth-order valence-corrected chi connectivity index (χ4v) is 12.6. The standard InChI is InChI=1S/C78H72N2/c1-75(2,3)51-35-39-71-65(43-51)66-44-52(76(4,5)6)36-40-72(66)79(71)69-33-21-29-55-57(27-19-31-59(55)69)63-47-62(50-25-17-14-18-26-50)64(48-61(63)49-23-15-13-16-24-49)58-28-20-32-60-56(58)30-22-34-70(60)80-73-41-37-53(77(7,8)9)45-67(73)68-46-54(78(10,11)12)38-42-74(68)80/h13-48H,1-12H3. The lowest BCUT2D eigenvalue weighted by atomic mass is 9.83. The van der Waals surface area contributed by atoms with Gasteiger partial charge in [0.15, 0.2) is 0 Å². The lowest BCUT2D eigenvalue weighted by molar-refractivity contribution is 0.590. The zero-order valence-corrected chi connectivity index (χ0v) is 48.7. The minimum Gasteiger partial charge on any atom is -0.309 e. The van der Waals surface area contributed by atoms with Gasteiger partial charge in [-0.1, -0.05) is 229 Å². The van der Waals surface area contributed by atoms with Gasteiger partial charge in [-0.05, 0) is 172 Å². The predicted molar refractivity (Wildman–Crippen MR) is 347 cm³/mol. The minimum atomic E-state index is 0.0151. The van der Waals surface area contributed by atoms with Crippen molar-refractivity contribution in [3.05, 3.63) is 241 Å². The average molecular weight is 1040 g/mol. The van der Waals surface area contributed by atoms with Crippen LogP contribution in [0.15, 0.2) is 218 Å². The van der Waals surface area contributed by atoms with E-state index in [1.165, 1.54) is 143 Å². The van der Waals surface area contributed by atoms with E-state index in [0.717, 1.165) is 0 Å². The van der Waals surface area contributed by atoms with Gasteiger partial charge in [-0.25, -0.2) is 0 Å². The number of aromatic nitrogens is 2. The van der Waals surface area contributed by atoms with Crippen LogP contribution in [-0.4, -0.2) is 9.13 Å². The Bertz CT molecular complexity index is 4150.